The third-order valence-corrected chi connectivity index (χ3v) is 2.87. The molecule has 19 heavy (non-hydrogen) atoms. The molecule has 0 saturated heterocycles. The molecule has 1 aromatic heterocycles. The van der Waals surface area contributed by atoms with Crippen LogP contribution in [0.1, 0.15) is 17.0 Å². The molecule has 1 N–H and O–H groups in total. The number of ether oxygens (including phenoxy) is 1. The number of carbonyl (C=O) groups excluding carboxylic acids is 1. The van der Waals surface area contributed by atoms with Crippen molar-refractivity contribution in [3.05, 3.63) is 41.3 Å². The number of rotatable bonds is 4. The van der Waals surface area contributed by atoms with Crippen molar-refractivity contribution in [1.82, 2.24) is 5.16 Å². The lowest BCUT2D eigenvalue weighted by molar-refractivity contribution is -0.115. The summed E-state index contributed by atoms with van der Waals surface area (Å²) in [4.78, 5) is 12.0. The van der Waals surface area contributed by atoms with E-state index in [0.29, 0.717) is 17.2 Å². The van der Waals surface area contributed by atoms with Crippen molar-refractivity contribution in [2.24, 2.45) is 0 Å². The Kier molecular flexibility index (Phi) is 3.85. The van der Waals surface area contributed by atoms with Gasteiger partial charge in [0.2, 0.25) is 5.91 Å². The van der Waals surface area contributed by atoms with Gasteiger partial charge in [0.25, 0.3) is 0 Å². The predicted molar refractivity (Wildman–Crippen MR) is 71.3 cm³/mol. The van der Waals surface area contributed by atoms with E-state index in [2.05, 4.69) is 10.5 Å². The van der Waals surface area contributed by atoms with Gasteiger partial charge in [-0.1, -0.05) is 11.2 Å². The molecule has 1 amide bonds. The summed E-state index contributed by atoms with van der Waals surface area (Å²) in [6.45, 7) is 3.62. The fourth-order valence-electron chi connectivity index (χ4n) is 1.82. The third kappa shape index (κ3) is 3.13. The van der Waals surface area contributed by atoms with Crippen LogP contribution in [0.15, 0.2) is 28.8 Å². The van der Waals surface area contributed by atoms with Crippen molar-refractivity contribution in [3.63, 3.8) is 0 Å². The average Bonchev–Trinajstić information content (AvgIpc) is 2.71. The number of benzene rings is 1. The van der Waals surface area contributed by atoms with Gasteiger partial charge < -0.3 is 14.6 Å². The third-order valence-electron chi connectivity index (χ3n) is 2.87. The van der Waals surface area contributed by atoms with Crippen LogP contribution in [0.4, 0.5) is 5.69 Å². The zero-order chi connectivity index (χ0) is 13.8. The highest BCUT2D eigenvalue weighted by molar-refractivity contribution is 5.92. The first-order valence-electron chi connectivity index (χ1n) is 5.96. The Morgan fingerprint density at radius 3 is 2.84 bits per heavy atom. The Balaban J connectivity index is 2.05. The number of aromatic nitrogens is 1. The van der Waals surface area contributed by atoms with Crippen LogP contribution in [0, 0.1) is 13.8 Å². The molecule has 0 atom stereocenters. The van der Waals surface area contributed by atoms with Crippen LogP contribution in [0.25, 0.3) is 0 Å². The second-order valence-corrected chi connectivity index (χ2v) is 4.26. The van der Waals surface area contributed by atoms with Gasteiger partial charge in [0, 0.05) is 17.3 Å². The second-order valence-electron chi connectivity index (χ2n) is 4.26. The number of hydrogen-bond acceptors (Lipinski definition) is 4. The minimum Gasteiger partial charge on any atom is -0.497 e. The Morgan fingerprint density at radius 1 is 1.42 bits per heavy atom. The molecule has 2 aromatic rings. The smallest absolute Gasteiger partial charge is 0.229 e. The maximum atomic E-state index is 12.0. The summed E-state index contributed by atoms with van der Waals surface area (Å²) in [7, 11) is 1.59. The summed E-state index contributed by atoms with van der Waals surface area (Å²) >= 11 is 0. The fraction of sp³-hybridized carbons (Fsp3) is 0.286. The van der Waals surface area contributed by atoms with Gasteiger partial charge in [-0.25, -0.2) is 0 Å². The fourth-order valence-corrected chi connectivity index (χ4v) is 1.82. The van der Waals surface area contributed by atoms with Gasteiger partial charge in [0.1, 0.15) is 11.5 Å². The van der Waals surface area contributed by atoms with E-state index in [9.17, 15) is 4.79 Å². The van der Waals surface area contributed by atoms with E-state index in [4.69, 9.17) is 9.26 Å². The topological polar surface area (TPSA) is 64.4 Å². The normalized spacial score (nSPS) is 10.3. The standard InChI is InChI=1S/C14H16N2O3/c1-9-13(10(2)19-16-9)8-14(17)15-11-5-4-6-12(7-11)18-3/h4-7H,8H2,1-3H3,(H,15,17). The first kappa shape index (κ1) is 13.1. The lowest BCUT2D eigenvalue weighted by Crippen LogP contribution is -2.15. The van der Waals surface area contributed by atoms with Gasteiger partial charge in [-0.05, 0) is 26.0 Å². The van der Waals surface area contributed by atoms with Crippen molar-refractivity contribution >= 4 is 11.6 Å². The van der Waals surface area contributed by atoms with Crippen LogP contribution in [0.2, 0.25) is 0 Å². The van der Waals surface area contributed by atoms with Crippen LogP contribution in [0.3, 0.4) is 0 Å². The van der Waals surface area contributed by atoms with E-state index in [1.807, 2.05) is 25.1 Å². The summed E-state index contributed by atoms with van der Waals surface area (Å²) < 4.78 is 10.1. The molecule has 1 aromatic carbocycles. The number of anilines is 1. The number of methoxy groups -OCH3 is 1. The molecular formula is C14H16N2O3. The van der Waals surface area contributed by atoms with E-state index in [0.717, 1.165) is 11.3 Å². The second kappa shape index (κ2) is 5.56. The Bertz CT molecular complexity index is 571. The van der Waals surface area contributed by atoms with E-state index in [1.165, 1.54) is 0 Å². The average molecular weight is 260 g/mol. The molecule has 0 aliphatic carbocycles. The highest BCUT2D eigenvalue weighted by Crippen LogP contribution is 2.18. The highest BCUT2D eigenvalue weighted by Gasteiger charge is 2.13. The molecule has 0 bridgehead atoms. The molecule has 100 valence electrons. The van der Waals surface area contributed by atoms with Gasteiger partial charge in [-0.3, -0.25) is 4.79 Å². The van der Waals surface area contributed by atoms with Gasteiger partial charge in [0.05, 0.1) is 19.2 Å². The van der Waals surface area contributed by atoms with Crippen LogP contribution in [-0.2, 0) is 11.2 Å². The van der Waals surface area contributed by atoms with Gasteiger partial charge in [-0.15, -0.1) is 0 Å². The van der Waals surface area contributed by atoms with Crippen molar-refractivity contribution < 1.29 is 14.1 Å². The largest absolute Gasteiger partial charge is 0.497 e. The SMILES string of the molecule is COc1cccc(NC(=O)Cc2c(C)noc2C)c1. The van der Waals surface area contributed by atoms with Crippen molar-refractivity contribution in [2.75, 3.05) is 12.4 Å². The lowest BCUT2D eigenvalue weighted by atomic mass is 10.1. The molecule has 0 spiro atoms. The number of aryl methyl sites for hydroxylation is 2. The van der Waals surface area contributed by atoms with Crippen LogP contribution in [0.5, 0.6) is 5.75 Å². The van der Waals surface area contributed by atoms with E-state index >= 15 is 0 Å². The molecule has 0 fully saturated rings. The molecule has 0 aliphatic rings. The first-order chi connectivity index (χ1) is 9.10. The molecule has 0 radical (unpaired) electrons. The minimum atomic E-state index is -0.109. The monoisotopic (exact) mass is 260 g/mol. The number of hydrogen-bond donors (Lipinski definition) is 1. The van der Waals surface area contributed by atoms with Crippen LogP contribution < -0.4 is 10.1 Å². The number of amides is 1. The van der Waals surface area contributed by atoms with Gasteiger partial charge >= 0.3 is 0 Å². The Labute approximate surface area is 111 Å². The summed E-state index contributed by atoms with van der Waals surface area (Å²) in [6, 6.07) is 7.23. The summed E-state index contributed by atoms with van der Waals surface area (Å²) in [5.74, 6) is 1.27. The lowest BCUT2D eigenvalue weighted by Gasteiger charge is -2.06. The zero-order valence-corrected chi connectivity index (χ0v) is 11.2. The van der Waals surface area contributed by atoms with Crippen LogP contribution in [-0.4, -0.2) is 18.2 Å². The highest BCUT2D eigenvalue weighted by atomic mass is 16.5. The molecule has 0 aliphatic heterocycles. The quantitative estimate of drug-likeness (QED) is 0.917. The molecule has 5 heteroatoms. The Morgan fingerprint density at radius 2 is 2.21 bits per heavy atom. The van der Waals surface area contributed by atoms with Crippen molar-refractivity contribution in [1.29, 1.82) is 0 Å². The van der Waals surface area contributed by atoms with Crippen molar-refractivity contribution in [3.8, 4) is 5.75 Å². The van der Waals surface area contributed by atoms with E-state index < -0.39 is 0 Å². The number of nitrogens with one attached hydrogen (secondary N) is 1. The molecular weight excluding hydrogens is 244 g/mol. The van der Waals surface area contributed by atoms with E-state index in [1.54, 1.807) is 20.1 Å². The minimum absolute atomic E-state index is 0.109. The molecule has 2 rings (SSSR count). The maximum absolute atomic E-state index is 12.0. The summed E-state index contributed by atoms with van der Waals surface area (Å²) in [5.41, 5.74) is 2.29. The molecule has 0 saturated carbocycles. The molecule has 1 heterocycles. The van der Waals surface area contributed by atoms with Gasteiger partial charge in [0.15, 0.2) is 0 Å². The summed E-state index contributed by atoms with van der Waals surface area (Å²) in [5, 5.41) is 6.65. The predicted octanol–water partition coefficient (Wildman–Crippen LogP) is 2.48. The van der Waals surface area contributed by atoms with E-state index in [-0.39, 0.29) is 12.3 Å². The maximum Gasteiger partial charge on any atom is 0.229 e. The number of nitrogens with zero attached hydrogens (tertiary/aromatic N) is 1. The zero-order valence-electron chi connectivity index (χ0n) is 11.2. The van der Waals surface area contributed by atoms with Crippen LogP contribution >= 0.6 is 0 Å². The molecule has 0 unspecified atom stereocenters. The summed E-state index contributed by atoms with van der Waals surface area (Å²) in [6.07, 6.45) is 0.248. The first-order valence-corrected chi connectivity index (χ1v) is 5.96. The Hall–Kier alpha value is -2.30. The number of carbonyl (C=O) groups is 1. The van der Waals surface area contributed by atoms with Crippen molar-refractivity contribution in [2.45, 2.75) is 20.3 Å². The van der Waals surface area contributed by atoms with Gasteiger partial charge in [-0.2, -0.15) is 0 Å². The molecule has 5 nitrogen and oxygen atoms in total.